The molecular formula is C10H16BrNOS2. The van der Waals surface area contributed by atoms with Gasteiger partial charge in [0.1, 0.15) is 0 Å². The fourth-order valence-corrected chi connectivity index (χ4v) is 3.25. The molecule has 1 aromatic heterocycles. The molecule has 0 aliphatic carbocycles. The second-order valence-corrected chi connectivity index (χ2v) is 7.18. The number of thiophene rings is 1. The lowest BCUT2D eigenvalue weighted by atomic mass is 10.2. The van der Waals surface area contributed by atoms with Crippen LogP contribution in [0.4, 0.5) is 0 Å². The Labute approximate surface area is 106 Å². The van der Waals surface area contributed by atoms with E-state index in [-0.39, 0.29) is 5.25 Å². The van der Waals surface area contributed by atoms with Gasteiger partial charge in [-0.1, -0.05) is 0 Å². The van der Waals surface area contributed by atoms with Crippen LogP contribution in [0.25, 0.3) is 0 Å². The fraction of sp³-hybridized carbons (Fsp3) is 0.600. The Morgan fingerprint density at radius 3 is 2.73 bits per heavy atom. The lowest BCUT2D eigenvalue weighted by Gasteiger charge is -2.15. The normalized spacial score (nSPS) is 17.3. The second-order valence-electron chi connectivity index (χ2n) is 3.57. The number of nitrogens with one attached hydrogen (secondary N) is 1. The molecule has 1 rings (SSSR count). The van der Waals surface area contributed by atoms with Crippen molar-refractivity contribution in [3.05, 3.63) is 20.8 Å². The first-order valence-corrected chi connectivity index (χ1v) is 8.10. The summed E-state index contributed by atoms with van der Waals surface area (Å²) in [6, 6.07) is 2.37. The van der Waals surface area contributed by atoms with E-state index in [1.54, 1.807) is 17.6 Å². The SMILES string of the molecule is CC(NCC(C)S(C)=O)c1sccc1Br. The van der Waals surface area contributed by atoms with Crippen LogP contribution in [0.15, 0.2) is 15.9 Å². The van der Waals surface area contributed by atoms with E-state index >= 15 is 0 Å². The van der Waals surface area contributed by atoms with Crippen molar-refractivity contribution in [1.29, 1.82) is 0 Å². The van der Waals surface area contributed by atoms with E-state index < -0.39 is 10.8 Å². The first-order valence-electron chi connectivity index (χ1n) is 4.81. The molecule has 0 amide bonds. The Bertz CT molecular complexity index is 340. The summed E-state index contributed by atoms with van der Waals surface area (Å²) in [5, 5.41) is 5.66. The van der Waals surface area contributed by atoms with Crippen LogP contribution in [0.5, 0.6) is 0 Å². The topological polar surface area (TPSA) is 29.1 Å². The molecule has 0 saturated heterocycles. The molecular weight excluding hydrogens is 294 g/mol. The van der Waals surface area contributed by atoms with Gasteiger partial charge in [-0.3, -0.25) is 4.21 Å². The van der Waals surface area contributed by atoms with Crippen LogP contribution < -0.4 is 5.32 Å². The average molecular weight is 310 g/mol. The molecule has 86 valence electrons. The summed E-state index contributed by atoms with van der Waals surface area (Å²) in [5.41, 5.74) is 0. The highest BCUT2D eigenvalue weighted by Crippen LogP contribution is 2.28. The molecule has 0 spiro atoms. The highest BCUT2D eigenvalue weighted by molar-refractivity contribution is 9.10. The molecule has 3 unspecified atom stereocenters. The maximum atomic E-state index is 11.2. The predicted molar refractivity (Wildman–Crippen MR) is 72.0 cm³/mol. The van der Waals surface area contributed by atoms with Crippen molar-refractivity contribution < 1.29 is 4.21 Å². The third kappa shape index (κ3) is 3.98. The van der Waals surface area contributed by atoms with E-state index in [1.807, 2.05) is 6.92 Å². The summed E-state index contributed by atoms with van der Waals surface area (Å²) in [5.74, 6) is 0. The highest BCUT2D eigenvalue weighted by atomic mass is 79.9. The zero-order valence-corrected chi connectivity index (χ0v) is 12.3. The summed E-state index contributed by atoms with van der Waals surface area (Å²) >= 11 is 5.25. The van der Waals surface area contributed by atoms with E-state index in [0.717, 1.165) is 11.0 Å². The second kappa shape index (κ2) is 6.13. The van der Waals surface area contributed by atoms with Gasteiger partial charge in [0, 0.05) is 44.2 Å². The van der Waals surface area contributed by atoms with Gasteiger partial charge in [0.05, 0.1) is 0 Å². The minimum Gasteiger partial charge on any atom is -0.308 e. The van der Waals surface area contributed by atoms with Gasteiger partial charge in [-0.05, 0) is 41.2 Å². The Morgan fingerprint density at radius 1 is 1.60 bits per heavy atom. The monoisotopic (exact) mass is 309 g/mol. The lowest BCUT2D eigenvalue weighted by molar-refractivity contribution is 0.574. The Morgan fingerprint density at radius 2 is 2.27 bits per heavy atom. The largest absolute Gasteiger partial charge is 0.308 e. The smallest absolute Gasteiger partial charge is 0.0441 e. The van der Waals surface area contributed by atoms with Crippen LogP contribution in [-0.2, 0) is 10.8 Å². The molecule has 0 aliphatic heterocycles. The quantitative estimate of drug-likeness (QED) is 0.906. The van der Waals surface area contributed by atoms with E-state index in [9.17, 15) is 4.21 Å². The van der Waals surface area contributed by atoms with E-state index in [0.29, 0.717) is 6.04 Å². The van der Waals surface area contributed by atoms with Crippen molar-refractivity contribution in [3.63, 3.8) is 0 Å². The minimum absolute atomic E-state index is 0.200. The first-order chi connectivity index (χ1) is 7.02. The summed E-state index contributed by atoms with van der Waals surface area (Å²) in [6.07, 6.45) is 1.75. The molecule has 1 N–H and O–H groups in total. The van der Waals surface area contributed by atoms with Gasteiger partial charge in [0.15, 0.2) is 0 Å². The van der Waals surface area contributed by atoms with Gasteiger partial charge in [0.25, 0.3) is 0 Å². The summed E-state index contributed by atoms with van der Waals surface area (Å²) in [4.78, 5) is 1.30. The van der Waals surface area contributed by atoms with Gasteiger partial charge in [-0.25, -0.2) is 0 Å². The van der Waals surface area contributed by atoms with Crippen molar-refractivity contribution in [1.82, 2.24) is 5.32 Å². The number of rotatable bonds is 5. The number of hydrogen-bond acceptors (Lipinski definition) is 3. The van der Waals surface area contributed by atoms with Crippen molar-refractivity contribution in [3.8, 4) is 0 Å². The number of hydrogen-bond donors (Lipinski definition) is 1. The lowest BCUT2D eigenvalue weighted by Crippen LogP contribution is -2.29. The van der Waals surface area contributed by atoms with Crippen LogP contribution in [0, 0.1) is 0 Å². The van der Waals surface area contributed by atoms with Crippen LogP contribution in [0.2, 0.25) is 0 Å². The van der Waals surface area contributed by atoms with Crippen LogP contribution in [-0.4, -0.2) is 22.3 Å². The van der Waals surface area contributed by atoms with Crippen molar-refractivity contribution in [2.45, 2.75) is 25.1 Å². The molecule has 0 fully saturated rings. The average Bonchev–Trinajstić information content (AvgIpc) is 2.60. The van der Waals surface area contributed by atoms with Crippen LogP contribution in [0.3, 0.4) is 0 Å². The van der Waals surface area contributed by atoms with E-state index in [1.165, 1.54) is 4.88 Å². The Balaban J connectivity index is 2.47. The van der Waals surface area contributed by atoms with E-state index in [4.69, 9.17) is 0 Å². The molecule has 2 nitrogen and oxygen atoms in total. The zero-order chi connectivity index (χ0) is 11.4. The van der Waals surface area contributed by atoms with Gasteiger partial charge in [0.2, 0.25) is 0 Å². The summed E-state index contributed by atoms with van der Waals surface area (Å²) in [7, 11) is -0.750. The van der Waals surface area contributed by atoms with Gasteiger partial charge in [-0.2, -0.15) is 0 Å². The van der Waals surface area contributed by atoms with Crippen molar-refractivity contribution in [2.75, 3.05) is 12.8 Å². The molecule has 1 aromatic rings. The van der Waals surface area contributed by atoms with Crippen LogP contribution in [0.1, 0.15) is 24.8 Å². The third-order valence-corrected chi connectivity index (χ3v) is 5.67. The predicted octanol–water partition coefficient (Wildman–Crippen LogP) is 2.93. The molecule has 0 aliphatic rings. The zero-order valence-electron chi connectivity index (χ0n) is 9.12. The molecule has 3 atom stereocenters. The van der Waals surface area contributed by atoms with E-state index in [2.05, 4.69) is 39.6 Å². The first kappa shape index (κ1) is 13.4. The number of halogens is 1. The third-order valence-electron chi connectivity index (χ3n) is 2.32. The molecule has 0 saturated carbocycles. The molecule has 0 bridgehead atoms. The standard InChI is InChI=1S/C10H16BrNOS2/c1-7(15(3)13)6-12-8(2)10-9(11)4-5-14-10/h4-5,7-8,12H,6H2,1-3H3. The Hall–Kier alpha value is 0.290. The fourth-order valence-electron chi connectivity index (χ4n) is 1.17. The molecule has 1 heterocycles. The molecule has 15 heavy (non-hydrogen) atoms. The minimum atomic E-state index is -0.750. The molecule has 0 radical (unpaired) electrons. The summed E-state index contributed by atoms with van der Waals surface area (Å²) < 4.78 is 12.3. The van der Waals surface area contributed by atoms with Crippen molar-refractivity contribution >= 4 is 38.1 Å². The van der Waals surface area contributed by atoms with Crippen molar-refractivity contribution in [2.24, 2.45) is 0 Å². The van der Waals surface area contributed by atoms with Gasteiger partial charge < -0.3 is 5.32 Å². The van der Waals surface area contributed by atoms with Gasteiger partial charge in [-0.15, -0.1) is 11.3 Å². The molecule has 5 heteroatoms. The maximum Gasteiger partial charge on any atom is 0.0441 e. The highest BCUT2D eigenvalue weighted by Gasteiger charge is 2.12. The van der Waals surface area contributed by atoms with Gasteiger partial charge >= 0.3 is 0 Å². The van der Waals surface area contributed by atoms with Crippen LogP contribution >= 0.6 is 27.3 Å². The Kier molecular flexibility index (Phi) is 5.46. The summed E-state index contributed by atoms with van der Waals surface area (Å²) in [6.45, 7) is 4.91. The molecule has 0 aromatic carbocycles. The maximum absolute atomic E-state index is 11.2.